The van der Waals surface area contributed by atoms with Gasteiger partial charge in [-0.05, 0) is 61.1 Å². The van der Waals surface area contributed by atoms with Gasteiger partial charge in [-0.15, -0.1) is 11.3 Å². The monoisotopic (exact) mass is 456 g/mol. The molecule has 2 amide bonds. The standard InChI is InChI=1S/C22H24N4O3S2/c27-20(23-8-1-9-26-10-12-29-13-11-26)16-4-2-15(3-5-16)19-7-6-17(31-19)14-18-21(28)25-22(30)24-18/h2-7,14H,1,8-13H2,(H,23,27)(H2,24,25,28,30)/b18-14-. The van der Waals surface area contributed by atoms with Crippen molar-refractivity contribution in [2.75, 3.05) is 39.4 Å². The molecular weight excluding hydrogens is 432 g/mol. The molecule has 162 valence electrons. The molecule has 3 N–H and O–H groups in total. The first-order chi connectivity index (χ1) is 15.1. The highest BCUT2D eigenvalue weighted by Gasteiger charge is 2.20. The Morgan fingerprint density at radius 3 is 2.65 bits per heavy atom. The van der Waals surface area contributed by atoms with Crippen LogP contribution in [0, 0.1) is 0 Å². The SMILES string of the molecule is O=C1NC(=S)N/C1=C\c1ccc(-c2ccc(C(=O)NCCCN3CCOCC3)cc2)s1. The molecule has 3 heterocycles. The van der Waals surface area contributed by atoms with Crippen molar-refractivity contribution in [2.45, 2.75) is 6.42 Å². The van der Waals surface area contributed by atoms with Gasteiger partial charge in [0.25, 0.3) is 11.8 Å². The summed E-state index contributed by atoms with van der Waals surface area (Å²) in [6.45, 7) is 5.15. The molecule has 2 aliphatic heterocycles. The van der Waals surface area contributed by atoms with Crippen LogP contribution in [0.4, 0.5) is 0 Å². The molecule has 9 heteroatoms. The molecule has 0 aliphatic carbocycles. The quantitative estimate of drug-likeness (QED) is 0.337. The van der Waals surface area contributed by atoms with Crippen molar-refractivity contribution in [3.8, 4) is 10.4 Å². The molecule has 4 rings (SSSR count). The molecule has 2 aliphatic rings. The van der Waals surface area contributed by atoms with E-state index in [9.17, 15) is 9.59 Å². The number of thiocarbonyl (C=S) groups is 1. The van der Waals surface area contributed by atoms with Crippen LogP contribution in [0.1, 0.15) is 21.7 Å². The summed E-state index contributed by atoms with van der Waals surface area (Å²) < 4.78 is 5.35. The second-order valence-electron chi connectivity index (χ2n) is 7.31. The van der Waals surface area contributed by atoms with Crippen LogP contribution in [0.3, 0.4) is 0 Å². The number of benzene rings is 1. The van der Waals surface area contributed by atoms with Crippen LogP contribution in [0.25, 0.3) is 16.5 Å². The summed E-state index contributed by atoms with van der Waals surface area (Å²) in [5.41, 5.74) is 2.12. The molecule has 2 saturated heterocycles. The van der Waals surface area contributed by atoms with Crippen LogP contribution >= 0.6 is 23.6 Å². The lowest BCUT2D eigenvalue weighted by molar-refractivity contribution is -0.115. The highest BCUT2D eigenvalue weighted by atomic mass is 32.1. The van der Waals surface area contributed by atoms with Crippen LogP contribution in [0.2, 0.25) is 0 Å². The maximum Gasteiger partial charge on any atom is 0.273 e. The van der Waals surface area contributed by atoms with E-state index in [4.69, 9.17) is 17.0 Å². The van der Waals surface area contributed by atoms with Gasteiger partial charge in [-0.3, -0.25) is 19.8 Å². The fraction of sp³-hybridized carbons (Fsp3) is 0.318. The predicted molar refractivity (Wildman–Crippen MR) is 126 cm³/mol. The molecule has 0 radical (unpaired) electrons. The summed E-state index contributed by atoms with van der Waals surface area (Å²) in [6.07, 6.45) is 2.70. The van der Waals surface area contributed by atoms with Crippen molar-refractivity contribution in [3.05, 3.63) is 52.5 Å². The number of rotatable bonds is 7. The summed E-state index contributed by atoms with van der Waals surface area (Å²) >= 11 is 6.51. The average Bonchev–Trinajstić information content (AvgIpc) is 3.38. The zero-order valence-corrected chi connectivity index (χ0v) is 18.6. The molecule has 1 aromatic heterocycles. The Bertz CT molecular complexity index is 994. The molecular formula is C22H24N4O3S2. The lowest BCUT2D eigenvalue weighted by Crippen LogP contribution is -2.38. The Balaban J connectivity index is 1.29. The van der Waals surface area contributed by atoms with E-state index in [0.29, 0.717) is 22.9 Å². The predicted octanol–water partition coefficient (Wildman–Crippen LogP) is 2.21. The third-order valence-electron chi connectivity index (χ3n) is 5.11. The summed E-state index contributed by atoms with van der Waals surface area (Å²) in [6, 6.07) is 11.5. The number of morpholine rings is 1. The van der Waals surface area contributed by atoms with E-state index in [2.05, 4.69) is 20.9 Å². The molecule has 2 aromatic rings. The second kappa shape index (κ2) is 10.1. The van der Waals surface area contributed by atoms with E-state index in [1.54, 1.807) is 17.4 Å². The largest absolute Gasteiger partial charge is 0.379 e. The van der Waals surface area contributed by atoms with Gasteiger partial charge in [0.1, 0.15) is 5.70 Å². The molecule has 2 fully saturated rings. The van der Waals surface area contributed by atoms with Gasteiger partial charge < -0.3 is 15.4 Å². The van der Waals surface area contributed by atoms with E-state index in [1.165, 1.54) is 0 Å². The van der Waals surface area contributed by atoms with E-state index in [1.807, 2.05) is 36.4 Å². The van der Waals surface area contributed by atoms with Crippen LogP contribution < -0.4 is 16.0 Å². The Kier molecular flexibility index (Phi) is 7.08. The number of ether oxygens (including phenoxy) is 1. The zero-order valence-electron chi connectivity index (χ0n) is 17.0. The number of carbonyl (C=O) groups is 2. The molecule has 0 saturated carbocycles. The van der Waals surface area contributed by atoms with Gasteiger partial charge in [0.15, 0.2) is 5.11 Å². The Hall–Kier alpha value is -2.59. The first-order valence-corrected chi connectivity index (χ1v) is 11.4. The van der Waals surface area contributed by atoms with Gasteiger partial charge in [-0.25, -0.2) is 0 Å². The summed E-state index contributed by atoms with van der Waals surface area (Å²) in [4.78, 5) is 28.5. The van der Waals surface area contributed by atoms with E-state index in [-0.39, 0.29) is 11.8 Å². The van der Waals surface area contributed by atoms with Crippen molar-refractivity contribution in [1.82, 2.24) is 20.9 Å². The van der Waals surface area contributed by atoms with Crippen LogP contribution in [0.15, 0.2) is 42.1 Å². The van der Waals surface area contributed by atoms with Gasteiger partial charge in [-0.2, -0.15) is 0 Å². The van der Waals surface area contributed by atoms with Crippen LogP contribution in [-0.4, -0.2) is 61.2 Å². The van der Waals surface area contributed by atoms with Crippen molar-refractivity contribution in [2.24, 2.45) is 0 Å². The fourth-order valence-electron chi connectivity index (χ4n) is 3.43. The first kappa shape index (κ1) is 21.6. The third kappa shape index (κ3) is 5.76. The minimum atomic E-state index is -0.222. The molecule has 31 heavy (non-hydrogen) atoms. The van der Waals surface area contributed by atoms with Gasteiger partial charge in [0, 0.05) is 35.0 Å². The topological polar surface area (TPSA) is 82.7 Å². The van der Waals surface area contributed by atoms with Gasteiger partial charge in [0.05, 0.1) is 13.2 Å². The summed E-state index contributed by atoms with van der Waals surface area (Å²) in [5.74, 6) is -0.278. The minimum absolute atomic E-state index is 0.0561. The zero-order chi connectivity index (χ0) is 21.6. The normalized spacial score (nSPS) is 18.1. The molecule has 0 bridgehead atoms. The van der Waals surface area contributed by atoms with Gasteiger partial charge in [-0.1, -0.05) is 12.1 Å². The van der Waals surface area contributed by atoms with E-state index < -0.39 is 0 Å². The number of nitrogens with zero attached hydrogens (tertiary/aromatic N) is 1. The lowest BCUT2D eigenvalue weighted by Gasteiger charge is -2.26. The third-order valence-corrected chi connectivity index (χ3v) is 6.39. The maximum absolute atomic E-state index is 12.4. The Labute approximate surface area is 190 Å². The highest BCUT2D eigenvalue weighted by Crippen LogP contribution is 2.29. The number of carbonyl (C=O) groups excluding carboxylic acids is 2. The second-order valence-corrected chi connectivity index (χ2v) is 8.83. The highest BCUT2D eigenvalue weighted by molar-refractivity contribution is 7.80. The number of amides is 2. The maximum atomic E-state index is 12.4. The number of thiophene rings is 1. The lowest BCUT2D eigenvalue weighted by atomic mass is 10.1. The molecule has 0 unspecified atom stereocenters. The van der Waals surface area contributed by atoms with Crippen molar-refractivity contribution < 1.29 is 14.3 Å². The Morgan fingerprint density at radius 1 is 1.16 bits per heavy atom. The molecule has 0 atom stereocenters. The molecule has 1 aromatic carbocycles. The summed E-state index contributed by atoms with van der Waals surface area (Å²) in [7, 11) is 0. The van der Waals surface area contributed by atoms with Crippen molar-refractivity contribution in [3.63, 3.8) is 0 Å². The van der Waals surface area contributed by atoms with Crippen LogP contribution in [-0.2, 0) is 9.53 Å². The van der Waals surface area contributed by atoms with Crippen molar-refractivity contribution >= 4 is 46.6 Å². The molecule has 0 spiro atoms. The van der Waals surface area contributed by atoms with Crippen LogP contribution in [0.5, 0.6) is 0 Å². The average molecular weight is 457 g/mol. The minimum Gasteiger partial charge on any atom is -0.379 e. The smallest absolute Gasteiger partial charge is 0.273 e. The number of hydrogen-bond donors (Lipinski definition) is 3. The van der Waals surface area contributed by atoms with Gasteiger partial charge >= 0.3 is 0 Å². The van der Waals surface area contributed by atoms with Crippen molar-refractivity contribution in [1.29, 1.82) is 0 Å². The molecule has 7 nitrogen and oxygen atoms in total. The fourth-order valence-corrected chi connectivity index (χ4v) is 4.59. The van der Waals surface area contributed by atoms with E-state index >= 15 is 0 Å². The first-order valence-electron chi connectivity index (χ1n) is 10.2. The van der Waals surface area contributed by atoms with E-state index in [0.717, 1.165) is 54.6 Å². The van der Waals surface area contributed by atoms with Gasteiger partial charge in [0.2, 0.25) is 0 Å². The Morgan fingerprint density at radius 2 is 1.94 bits per heavy atom. The number of hydrogen-bond acceptors (Lipinski definition) is 6. The summed E-state index contributed by atoms with van der Waals surface area (Å²) in [5, 5.41) is 8.71. The number of nitrogens with one attached hydrogen (secondary N) is 3.